The number of hydrogen-bond donors (Lipinski definition) is 1. The molecule has 2 rings (SSSR count). The average molecular weight is 265 g/mol. The van der Waals surface area contributed by atoms with E-state index in [0.717, 1.165) is 26.0 Å². The molecular weight excluding hydrogens is 241 g/mol. The van der Waals surface area contributed by atoms with Gasteiger partial charge in [0.05, 0.1) is 6.10 Å². The Kier molecular flexibility index (Phi) is 4.94. The van der Waals surface area contributed by atoms with Gasteiger partial charge in [-0.2, -0.15) is 0 Å². The van der Waals surface area contributed by atoms with E-state index in [1.165, 1.54) is 5.56 Å². The number of benzene rings is 1. The van der Waals surface area contributed by atoms with E-state index in [4.69, 9.17) is 4.74 Å². The van der Waals surface area contributed by atoms with Crippen LogP contribution in [0.2, 0.25) is 0 Å². The highest BCUT2D eigenvalue weighted by Gasteiger charge is 2.32. The van der Waals surface area contributed by atoms with Crippen molar-refractivity contribution in [3.8, 4) is 0 Å². The molecule has 0 bridgehead atoms. The number of aryl methyl sites for hydroxylation is 1. The standard InChI is InChI=1S/C16H24FNO/c1-4-8-18-16(14-7-9-19-12(14)3)13-5-6-15(17)11(2)10-13/h5-6,10,12,14,16,18H,4,7-9H2,1-3H3. The van der Waals surface area contributed by atoms with Crippen LogP contribution in [0, 0.1) is 18.7 Å². The third kappa shape index (κ3) is 3.34. The molecule has 0 radical (unpaired) electrons. The molecule has 2 nitrogen and oxygen atoms in total. The molecular formula is C16H24FNO. The molecule has 3 heteroatoms. The Labute approximate surface area is 115 Å². The topological polar surface area (TPSA) is 21.3 Å². The lowest BCUT2D eigenvalue weighted by atomic mass is 9.87. The Balaban J connectivity index is 2.22. The van der Waals surface area contributed by atoms with Gasteiger partial charge in [-0.1, -0.05) is 19.1 Å². The molecule has 1 heterocycles. The van der Waals surface area contributed by atoms with E-state index in [0.29, 0.717) is 11.5 Å². The minimum atomic E-state index is -0.131. The molecule has 0 aliphatic carbocycles. The second-order valence-corrected chi connectivity index (χ2v) is 5.47. The van der Waals surface area contributed by atoms with Crippen LogP contribution in [0.5, 0.6) is 0 Å². The van der Waals surface area contributed by atoms with E-state index >= 15 is 0 Å². The Morgan fingerprint density at radius 2 is 2.26 bits per heavy atom. The first-order valence-electron chi connectivity index (χ1n) is 7.24. The van der Waals surface area contributed by atoms with E-state index in [2.05, 4.69) is 19.2 Å². The van der Waals surface area contributed by atoms with Crippen LogP contribution in [0.15, 0.2) is 18.2 Å². The number of nitrogens with one attached hydrogen (secondary N) is 1. The highest BCUT2D eigenvalue weighted by Crippen LogP contribution is 2.33. The second kappa shape index (κ2) is 6.49. The maximum Gasteiger partial charge on any atom is 0.126 e. The van der Waals surface area contributed by atoms with Crippen molar-refractivity contribution in [2.75, 3.05) is 13.2 Å². The van der Waals surface area contributed by atoms with Crippen LogP contribution in [0.4, 0.5) is 4.39 Å². The molecule has 1 N–H and O–H groups in total. The Bertz CT molecular complexity index is 421. The van der Waals surface area contributed by atoms with E-state index < -0.39 is 0 Å². The molecule has 1 saturated heterocycles. The van der Waals surface area contributed by atoms with Gasteiger partial charge in [-0.15, -0.1) is 0 Å². The van der Waals surface area contributed by atoms with E-state index in [-0.39, 0.29) is 18.0 Å². The first kappa shape index (κ1) is 14.5. The zero-order valence-corrected chi connectivity index (χ0v) is 12.1. The molecule has 19 heavy (non-hydrogen) atoms. The number of rotatable bonds is 5. The van der Waals surface area contributed by atoms with Gasteiger partial charge in [-0.25, -0.2) is 4.39 Å². The molecule has 1 aliphatic heterocycles. The van der Waals surface area contributed by atoms with Crippen molar-refractivity contribution in [2.24, 2.45) is 5.92 Å². The molecule has 1 fully saturated rings. The van der Waals surface area contributed by atoms with Crippen LogP contribution in [-0.2, 0) is 4.74 Å². The SMILES string of the molecule is CCCNC(c1ccc(F)c(C)c1)C1CCOC1C. The number of hydrogen-bond acceptors (Lipinski definition) is 2. The normalized spacial score (nSPS) is 24.6. The van der Waals surface area contributed by atoms with Gasteiger partial charge >= 0.3 is 0 Å². The minimum absolute atomic E-state index is 0.131. The van der Waals surface area contributed by atoms with Crippen LogP contribution >= 0.6 is 0 Å². The quantitative estimate of drug-likeness (QED) is 0.878. The van der Waals surface area contributed by atoms with Gasteiger partial charge in [-0.05, 0) is 50.4 Å². The first-order valence-corrected chi connectivity index (χ1v) is 7.24. The monoisotopic (exact) mass is 265 g/mol. The Morgan fingerprint density at radius 3 is 2.84 bits per heavy atom. The molecule has 1 aromatic carbocycles. The lowest BCUT2D eigenvalue weighted by molar-refractivity contribution is 0.0953. The fourth-order valence-corrected chi connectivity index (χ4v) is 2.86. The van der Waals surface area contributed by atoms with Crippen molar-refractivity contribution < 1.29 is 9.13 Å². The molecule has 1 aromatic rings. The van der Waals surface area contributed by atoms with Crippen LogP contribution in [-0.4, -0.2) is 19.3 Å². The molecule has 3 atom stereocenters. The van der Waals surface area contributed by atoms with Crippen molar-refractivity contribution in [3.05, 3.63) is 35.1 Å². The molecule has 0 amide bonds. The highest BCUT2D eigenvalue weighted by atomic mass is 19.1. The summed E-state index contributed by atoms with van der Waals surface area (Å²) < 4.78 is 19.1. The second-order valence-electron chi connectivity index (χ2n) is 5.47. The van der Waals surface area contributed by atoms with Gasteiger partial charge in [0, 0.05) is 18.6 Å². The first-order chi connectivity index (χ1) is 9.13. The molecule has 0 saturated carbocycles. The van der Waals surface area contributed by atoms with Crippen molar-refractivity contribution >= 4 is 0 Å². The van der Waals surface area contributed by atoms with Gasteiger partial charge in [-0.3, -0.25) is 0 Å². The zero-order valence-electron chi connectivity index (χ0n) is 12.1. The zero-order chi connectivity index (χ0) is 13.8. The fraction of sp³-hybridized carbons (Fsp3) is 0.625. The maximum absolute atomic E-state index is 13.4. The summed E-state index contributed by atoms with van der Waals surface area (Å²) in [4.78, 5) is 0. The molecule has 0 spiro atoms. The van der Waals surface area contributed by atoms with E-state index in [9.17, 15) is 4.39 Å². The summed E-state index contributed by atoms with van der Waals surface area (Å²) in [6.07, 6.45) is 2.43. The summed E-state index contributed by atoms with van der Waals surface area (Å²) in [5.74, 6) is 0.338. The summed E-state index contributed by atoms with van der Waals surface area (Å²) in [5, 5.41) is 3.60. The maximum atomic E-state index is 13.4. The van der Waals surface area contributed by atoms with Gasteiger partial charge in [0.25, 0.3) is 0 Å². The lowest BCUT2D eigenvalue weighted by Crippen LogP contribution is -2.32. The summed E-state index contributed by atoms with van der Waals surface area (Å²) >= 11 is 0. The summed E-state index contributed by atoms with van der Waals surface area (Å²) in [6.45, 7) is 7.92. The van der Waals surface area contributed by atoms with Crippen molar-refractivity contribution in [3.63, 3.8) is 0 Å². The summed E-state index contributed by atoms with van der Waals surface area (Å²) in [5.41, 5.74) is 1.89. The molecule has 3 unspecified atom stereocenters. The third-order valence-corrected chi connectivity index (χ3v) is 4.02. The van der Waals surface area contributed by atoms with Crippen LogP contribution < -0.4 is 5.32 Å². The fourth-order valence-electron chi connectivity index (χ4n) is 2.86. The van der Waals surface area contributed by atoms with Crippen molar-refractivity contribution in [1.82, 2.24) is 5.32 Å². The number of halogens is 1. The van der Waals surface area contributed by atoms with Crippen LogP contribution in [0.25, 0.3) is 0 Å². The lowest BCUT2D eigenvalue weighted by Gasteiger charge is -2.27. The molecule has 1 aliphatic rings. The van der Waals surface area contributed by atoms with E-state index in [1.807, 2.05) is 19.1 Å². The molecule has 0 aromatic heterocycles. The van der Waals surface area contributed by atoms with E-state index in [1.54, 1.807) is 6.07 Å². The van der Waals surface area contributed by atoms with Gasteiger partial charge in [0.2, 0.25) is 0 Å². The van der Waals surface area contributed by atoms with Gasteiger partial charge in [0.15, 0.2) is 0 Å². The number of ether oxygens (including phenoxy) is 1. The molecule has 106 valence electrons. The van der Waals surface area contributed by atoms with Crippen molar-refractivity contribution in [2.45, 2.75) is 45.8 Å². The van der Waals surface area contributed by atoms with Crippen LogP contribution in [0.1, 0.15) is 43.9 Å². The summed E-state index contributed by atoms with van der Waals surface area (Å²) in [7, 11) is 0. The Hall–Kier alpha value is -0.930. The predicted octanol–water partition coefficient (Wildman–Crippen LogP) is 3.60. The third-order valence-electron chi connectivity index (χ3n) is 4.02. The summed E-state index contributed by atoms with van der Waals surface area (Å²) in [6, 6.07) is 5.71. The Morgan fingerprint density at radius 1 is 1.47 bits per heavy atom. The van der Waals surface area contributed by atoms with Gasteiger partial charge in [0.1, 0.15) is 5.82 Å². The largest absolute Gasteiger partial charge is 0.378 e. The predicted molar refractivity (Wildman–Crippen MR) is 75.7 cm³/mol. The highest BCUT2D eigenvalue weighted by molar-refractivity contribution is 5.27. The van der Waals surface area contributed by atoms with Gasteiger partial charge < -0.3 is 10.1 Å². The minimum Gasteiger partial charge on any atom is -0.378 e. The average Bonchev–Trinajstić information content (AvgIpc) is 2.80. The van der Waals surface area contributed by atoms with Crippen LogP contribution in [0.3, 0.4) is 0 Å². The van der Waals surface area contributed by atoms with Crippen molar-refractivity contribution in [1.29, 1.82) is 0 Å². The smallest absolute Gasteiger partial charge is 0.126 e.